The van der Waals surface area contributed by atoms with Crippen molar-refractivity contribution in [2.24, 2.45) is 0 Å². The molecule has 0 saturated carbocycles. The SMILES string of the molecule is C=CCCCCN(C)C(=O)OCCO[Si](C)(C)C(C)(C)C. The third-order valence-corrected chi connectivity index (χ3v) is 8.58. The van der Waals surface area contributed by atoms with E-state index >= 15 is 0 Å². The van der Waals surface area contributed by atoms with Crippen molar-refractivity contribution in [2.45, 2.75) is 58.2 Å². The van der Waals surface area contributed by atoms with Gasteiger partial charge in [-0.1, -0.05) is 26.8 Å². The van der Waals surface area contributed by atoms with E-state index in [1.54, 1.807) is 11.9 Å². The van der Waals surface area contributed by atoms with Gasteiger partial charge in [0.05, 0.1) is 6.61 Å². The molecule has 124 valence electrons. The molecule has 0 aliphatic heterocycles. The lowest BCUT2D eigenvalue weighted by Gasteiger charge is -2.36. The van der Waals surface area contributed by atoms with Gasteiger partial charge < -0.3 is 14.1 Å². The van der Waals surface area contributed by atoms with Crippen LogP contribution in [-0.4, -0.2) is 46.1 Å². The summed E-state index contributed by atoms with van der Waals surface area (Å²) < 4.78 is 11.2. The molecule has 0 aromatic rings. The number of carbonyl (C=O) groups excluding carboxylic acids is 1. The van der Waals surface area contributed by atoms with Gasteiger partial charge in [0.1, 0.15) is 6.61 Å². The van der Waals surface area contributed by atoms with Crippen LogP contribution in [0, 0.1) is 0 Å². The molecule has 0 aromatic carbocycles. The number of allylic oxidation sites excluding steroid dienone is 1. The Kier molecular flexibility index (Phi) is 8.90. The number of ether oxygens (including phenoxy) is 1. The first kappa shape index (κ1) is 20.2. The maximum absolute atomic E-state index is 11.8. The van der Waals surface area contributed by atoms with Crippen LogP contribution in [0.4, 0.5) is 4.79 Å². The minimum atomic E-state index is -1.75. The molecule has 0 unspecified atom stereocenters. The highest BCUT2D eigenvalue weighted by atomic mass is 28.4. The van der Waals surface area contributed by atoms with Gasteiger partial charge in [0, 0.05) is 13.6 Å². The molecule has 0 aliphatic rings. The standard InChI is InChI=1S/C16H33NO3Si/c1-8-9-10-11-12-17(5)15(18)19-13-14-20-21(6,7)16(2,3)4/h8H,1,9-14H2,2-7H3. The quantitative estimate of drug-likeness (QED) is 0.359. The summed E-state index contributed by atoms with van der Waals surface area (Å²) in [7, 11) is 0.0202. The number of hydrogen-bond donors (Lipinski definition) is 0. The van der Waals surface area contributed by atoms with E-state index in [0.717, 1.165) is 25.8 Å². The van der Waals surface area contributed by atoms with Crippen LogP contribution in [0.5, 0.6) is 0 Å². The van der Waals surface area contributed by atoms with Crippen molar-refractivity contribution in [1.29, 1.82) is 0 Å². The van der Waals surface area contributed by atoms with Crippen LogP contribution in [0.25, 0.3) is 0 Å². The predicted molar refractivity (Wildman–Crippen MR) is 91.2 cm³/mol. The van der Waals surface area contributed by atoms with E-state index in [1.807, 2.05) is 6.08 Å². The molecule has 5 heteroatoms. The van der Waals surface area contributed by atoms with Crippen molar-refractivity contribution in [3.05, 3.63) is 12.7 Å². The lowest BCUT2D eigenvalue weighted by atomic mass is 10.2. The molecule has 0 aliphatic carbocycles. The molecule has 1 amide bonds. The largest absolute Gasteiger partial charge is 0.447 e. The Morgan fingerprint density at radius 3 is 2.38 bits per heavy atom. The van der Waals surface area contributed by atoms with Crippen LogP contribution >= 0.6 is 0 Å². The minimum Gasteiger partial charge on any atom is -0.447 e. The number of hydrogen-bond acceptors (Lipinski definition) is 3. The summed E-state index contributed by atoms with van der Waals surface area (Å²) in [5.74, 6) is 0. The monoisotopic (exact) mass is 315 g/mol. The minimum absolute atomic E-state index is 0.180. The van der Waals surface area contributed by atoms with Crippen LogP contribution in [0.15, 0.2) is 12.7 Å². The number of nitrogens with zero attached hydrogens (tertiary/aromatic N) is 1. The first-order valence-corrected chi connectivity index (χ1v) is 10.7. The summed E-state index contributed by atoms with van der Waals surface area (Å²) in [4.78, 5) is 13.4. The van der Waals surface area contributed by atoms with Gasteiger partial charge in [-0.2, -0.15) is 0 Å². The van der Waals surface area contributed by atoms with Crippen molar-refractivity contribution in [1.82, 2.24) is 4.90 Å². The Labute approximate surface area is 131 Å². The van der Waals surface area contributed by atoms with Crippen LogP contribution in [0.1, 0.15) is 40.0 Å². The first-order chi connectivity index (χ1) is 9.62. The molecule has 0 N–H and O–H groups in total. The smallest absolute Gasteiger partial charge is 0.409 e. The van der Waals surface area contributed by atoms with Crippen molar-refractivity contribution in [2.75, 3.05) is 26.8 Å². The fourth-order valence-corrected chi connectivity index (χ4v) is 2.51. The molecule has 0 bridgehead atoms. The van der Waals surface area contributed by atoms with Gasteiger partial charge >= 0.3 is 6.09 Å². The number of unbranched alkanes of at least 4 members (excludes halogenated alkanes) is 2. The Hall–Kier alpha value is -0.813. The zero-order chi connectivity index (χ0) is 16.5. The van der Waals surface area contributed by atoms with Crippen LogP contribution in [0.3, 0.4) is 0 Å². The van der Waals surface area contributed by atoms with E-state index in [-0.39, 0.29) is 11.1 Å². The molecule has 0 atom stereocenters. The zero-order valence-electron chi connectivity index (χ0n) is 14.7. The molecule has 0 heterocycles. The van der Waals surface area contributed by atoms with Crippen molar-refractivity contribution in [3.8, 4) is 0 Å². The van der Waals surface area contributed by atoms with Crippen molar-refractivity contribution >= 4 is 14.4 Å². The predicted octanol–water partition coefficient (Wildman–Crippen LogP) is 4.43. The van der Waals surface area contributed by atoms with E-state index in [0.29, 0.717) is 13.2 Å². The van der Waals surface area contributed by atoms with Gasteiger partial charge in [-0.15, -0.1) is 6.58 Å². The maximum atomic E-state index is 11.8. The van der Waals surface area contributed by atoms with Crippen LogP contribution in [0.2, 0.25) is 18.1 Å². The number of carbonyl (C=O) groups is 1. The third kappa shape index (κ3) is 8.26. The van der Waals surface area contributed by atoms with Gasteiger partial charge in [-0.3, -0.25) is 0 Å². The van der Waals surface area contributed by atoms with Crippen molar-refractivity contribution in [3.63, 3.8) is 0 Å². The maximum Gasteiger partial charge on any atom is 0.409 e. The average Bonchev–Trinajstić information content (AvgIpc) is 2.37. The van der Waals surface area contributed by atoms with Gasteiger partial charge in [0.15, 0.2) is 8.32 Å². The molecule has 21 heavy (non-hydrogen) atoms. The molecular formula is C16H33NO3Si. The van der Waals surface area contributed by atoms with Crippen molar-refractivity contribution < 1.29 is 14.0 Å². The second kappa shape index (κ2) is 9.25. The summed E-state index contributed by atoms with van der Waals surface area (Å²) in [5, 5.41) is 0.180. The number of rotatable bonds is 9. The molecule has 0 saturated heterocycles. The fraction of sp³-hybridized carbons (Fsp3) is 0.812. The van der Waals surface area contributed by atoms with E-state index in [2.05, 4.69) is 40.4 Å². The van der Waals surface area contributed by atoms with Gasteiger partial charge in [-0.25, -0.2) is 4.79 Å². The summed E-state index contributed by atoms with van der Waals surface area (Å²) in [6, 6.07) is 0. The van der Waals surface area contributed by atoms with Gasteiger partial charge in [0.2, 0.25) is 0 Å². The Morgan fingerprint density at radius 1 is 1.24 bits per heavy atom. The highest BCUT2D eigenvalue weighted by Gasteiger charge is 2.36. The summed E-state index contributed by atoms with van der Waals surface area (Å²) in [6.07, 6.45) is 4.64. The summed E-state index contributed by atoms with van der Waals surface area (Å²) in [6.45, 7) is 16.2. The average molecular weight is 316 g/mol. The third-order valence-electron chi connectivity index (χ3n) is 4.04. The van der Waals surface area contributed by atoms with E-state index < -0.39 is 8.32 Å². The second-order valence-electron chi connectivity index (χ2n) is 6.93. The van der Waals surface area contributed by atoms with E-state index in [9.17, 15) is 4.79 Å². The molecule has 0 rings (SSSR count). The molecule has 0 radical (unpaired) electrons. The number of amides is 1. The normalized spacial score (nSPS) is 12.1. The second-order valence-corrected chi connectivity index (χ2v) is 11.7. The Bertz CT molecular complexity index is 324. The molecular weight excluding hydrogens is 282 g/mol. The lowest BCUT2D eigenvalue weighted by Crippen LogP contribution is -2.41. The van der Waals surface area contributed by atoms with E-state index in [1.165, 1.54) is 0 Å². The highest BCUT2D eigenvalue weighted by Crippen LogP contribution is 2.36. The topological polar surface area (TPSA) is 38.8 Å². The van der Waals surface area contributed by atoms with Gasteiger partial charge in [-0.05, 0) is 37.4 Å². The summed E-state index contributed by atoms with van der Waals surface area (Å²) in [5.41, 5.74) is 0. The van der Waals surface area contributed by atoms with E-state index in [4.69, 9.17) is 9.16 Å². The van der Waals surface area contributed by atoms with Gasteiger partial charge in [0.25, 0.3) is 0 Å². The molecule has 0 fully saturated rings. The zero-order valence-corrected chi connectivity index (χ0v) is 15.7. The summed E-state index contributed by atoms with van der Waals surface area (Å²) >= 11 is 0. The highest BCUT2D eigenvalue weighted by molar-refractivity contribution is 6.74. The molecule has 0 spiro atoms. The molecule has 0 aromatic heterocycles. The first-order valence-electron chi connectivity index (χ1n) is 7.74. The molecule has 4 nitrogen and oxygen atoms in total. The van der Waals surface area contributed by atoms with Crippen LogP contribution < -0.4 is 0 Å². The Balaban J connectivity index is 3.86. The fourth-order valence-electron chi connectivity index (χ4n) is 1.48. The van der Waals surface area contributed by atoms with Crippen LogP contribution in [-0.2, 0) is 9.16 Å². The lowest BCUT2D eigenvalue weighted by molar-refractivity contribution is 0.0924. The Morgan fingerprint density at radius 2 is 1.86 bits per heavy atom.